The summed E-state index contributed by atoms with van der Waals surface area (Å²) in [6.45, 7) is 1.56. The second kappa shape index (κ2) is 6.48. The summed E-state index contributed by atoms with van der Waals surface area (Å²) >= 11 is 0. The van der Waals surface area contributed by atoms with Crippen LogP contribution in [0.25, 0.3) is 0 Å². The Balaban J connectivity index is 2.18. The number of nitrogens with zero attached hydrogens (tertiary/aromatic N) is 3. The van der Waals surface area contributed by atoms with Gasteiger partial charge in [0.2, 0.25) is 0 Å². The fourth-order valence-electron chi connectivity index (χ4n) is 2.27. The lowest BCUT2D eigenvalue weighted by atomic mass is 10.1. The van der Waals surface area contributed by atoms with E-state index in [2.05, 4.69) is 4.90 Å². The van der Waals surface area contributed by atoms with Gasteiger partial charge in [0.25, 0.3) is 11.4 Å². The molecule has 1 fully saturated rings. The minimum absolute atomic E-state index is 0.269. The monoisotopic (exact) mass is 309 g/mol. The van der Waals surface area contributed by atoms with E-state index >= 15 is 0 Å². The molecular formula is C13H15N3O6. The summed E-state index contributed by atoms with van der Waals surface area (Å²) in [6, 6.07) is 2.89. The molecule has 2 rings (SSSR count). The third kappa shape index (κ3) is 3.55. The fraction of sp³-hybridized carbons (Fsp3) is 0.462. The Morgan fingerprint density at radius 2 is 1.86 bits per heavy atom. The molecule has 1 aromatic rings. The molecule has 0 aromatic heterocycles. The molecule has 0 spiro atoms. The SMILES string of the molecule is CN1CCC(OC(=O)c2ccc([N+](=O)[O-])cc2[N+](=O)[O-])CC1. The summed E-state index contributed by atoms with van der Waals surface area (Å²) in [5.74, 6) is -0.823. The van der Waals surface area contributed by atoms with E-state index in [0.29, 0.717) is 12.8 Å². The summed E-state index contributed by atoms with van der Waals surface area (Å²) in [4.78, 5) is 34.3. The van der Waals surface area contributed by atoms with Gasteiger partial charge in [-0.3, -0.25) is 20.2 Å². The second-order valence-corrected chi connectivity index (χ2v) is 5.12. The number of likely N-dealkylation sites (tertiary alicyclic amines) is 1. The zero-order valence-electron chi connectivity index (χ0n) is 11.9. The molecular weight excluding hydrogens is 294 g/mol. The normalized spacial score (nSPS) is 16.2. The first-order chi connectivity index (χ1) is 10.4. The number of rotatable bonds is 4. The van der Waals surface area contributed by atoms with Crippen LogP contribution in [0, 0.1) is 20.2 Å². The van der Waals surface area contributed by atoms with Gasteiger partial charge in [-0.15, -0.1) is 0 Å². The van der Waals surface area contributed by atoms with Crippen LogP contribution in [0.3, 0.4) is 0 Å². The largest absolute Gasteiger partial charge is 0.458 e. The zero-order valence-corrected chi connectivity index (χ0v) is 11.9. The van der Waals surface area contributed by atoms with Crippen LogP contribution in [-0.4, -0.2) is 47.0 Å². The topological polar surface area (TPSA) is 116 Å². The molecule has 1 aliphatic rings. The maximum absolute atomic E-state index is 12.1. The molecule has 118 valence electrons. The van der Waals surface area contributed by atoms with E-state index in [9.17, 15) is 25.0 Å². The Morgan fingerprint density at radius 1 is 1.23 bits per heavy atom. The maximum Gasteiger partial charge on any atom is 0.345 e. The summed E-state index contributed by atoms with van der Waals surface area (Å²) in [5, 5.41) is 21.7. The highest BCUT2D eigenvalue weighted by molar-refractivity contribution is 5.94. The Morgan fingerprint density at radius 3 is 2.41 bits per heavy atom. The van der Waals surface area contributed by atoms with Crippen molar-refractivity contribution in [3.8, 4) is 0 Å². The van der Waals surface area contributed by atoms with Gasteiger partial charge in [-0.1, -0.05) is 0 Å². The Labute approximate surface area is 125 Å². The van der Waals surface area contributed by atoms with Crippen molar-refractivity contribution in [1.82, 2.24) is 4.90 Å². The number of hydrogen-bond acceptors (Lipinski definition) is 7. The fourth-order valence-corrected chi connectivity index (χ4v) is 2.27. The van der Waals surface area contributed by atoms with Crippen molar-refractivity contribution in [3.63, 3.8) is 0 Å². The van der Waals surface area contributed by atoms with Crippen LogP contribution in [0.2, 0.25) is 0 Å². The van der Waals surface area contributed by atoms with Crippen molar-refractivity contribution in [1.29, 1.82) is 0 Å². The molecule has 0 unspecified atom stereocenters. The van der Waals surface area contributed by atoms with Crippen LogP contribution in [0.15, 0.2) is 18.2 Å². The maximum atomic E-state index is 12.1. The lowest BCUT2D eigenvalue weighted by Gasteiger charge is -2.28. The van der Waals surface area contributed by atoms with Gasteiger partial charge in [-0.2, -0.15) is 0 Å². The minimum atomic E-state index is -0.823. The van der Waals surface area contributed by atoms with Gasteiger partial charge in [0.15, 0.2) is 0 Å². The number of esters is 1. The van der Waals surface area contributed by atoms with E-state index in [0.717, 1.165) is 31.3 Å². The summed E-state index contributed by atoms with van der Waals surface area (Å²) < 4.78 is 5.28. The molecule has 9 nitrogen and oxygen atoms in total. The molecule has 0 atom stereocenters. The van der Waals surface area contributed by atoms with Gasteiger partial charge < -0.3 is 9.64 Å². The summed E-state index contributed by atoms with van der Waals surface area (Å²) in [6.07, 6.45) is 1.02. The van der Waals surface area contributed by atoms with Crippen LogP contribution in [-0.2, 0) is 4.74 Å². The predicted molar refractivity (Wildman–Crippen MR) is 75.7 cm³/mol. The Kier molecular flexibility index (Phi) is 4.66. The van der Waals surface area contributed by atoms with E-state index in [1.54, 1.807) is 0 Å². The van der Waals surface area contributed by atoms with Crippen LogP contribution in [0.5, 0.6) is 0 Å². The van der Waals surface area contributed by atoms with Crippen LogP contribution in [0.4, 0.5) is 11.4 Å². The van der Waals surface area contributed by atoms with Gasteiger partial charge in [0.1, 0.15) is 11.7 Å². The number of nitro groups is 2. The third-order valence-electron chi connectivity index (χ3n) is 3.55. The number of ether oxygens (including phenoxy) is 1. The lowest BCUT2D eigenvalue weighted by Crippen LogP contribution is -2.35. The van der Waals surface area contributed by atoms with Crippen molar-refractivity contribution in [2.24, 2.45) is 0 Å². The molecule has 9 heteroatoms. The molecule has 0 aliphatic carbocycles. The number of non-ortho nitro benzene ring substituents is 1. The second-order valence-electron chi connectivity index (χ2n) is 5.12. The molecule has 1 saturated heterocycles. The number of benzene rings is 1. The van der Waals surface area contributed by atoms with Gasteiger partial charge in [0, 0.05) is 19.2 Å². The number of carbonyl (C=O) groups excluding carboxylic acids is 1. The highest BCUT2D eigenvalue weighted by atomic mass is 16.6. The van der Waals surface area contributed by atoms with E-state index in [1.807, 2.05) is 7.05 Å². The molecule has 0 radical (unpaired) electrons. The first-order valence-electron chi connectivity index (χ1n) is 6.71. The van der Waals surface area contributed by atoms with E-state index in [-0.39, 0.29) is 11.7 Å². The van der Waals surface area contributed by atoms with Crippen molar-refractivity contribution in [3.05, 3.63) is 44.0 Å². The van der Waals surface area contributed by atoms with Gasteiger partial charge in [-0.05, 0) is 26.0 Å². The highest BCUT2D eigenvalue weighted by Gasteiger charge is 2.28. The first kappa shape index (κ1) is 15.8. The number of piperidine rings is 1. The van der Waals surface area contributed by atoms with E-state index in [4.69, 9.17) is 4.74 Å². The third-order valence-corrected chi connectivity index (χ3v) is 3.55. The molecule has 1 heterocycles. The highest BCUT2D eigenvalue weighted by Crippen LogP contribution is 2.26. The minimum Gasteiger partial charge on any atom is -0.458 e. The van der Waals surface area contributed by atoms with E-state index < -0.39 is 27.2 Å². The van der Waals surface area contributed by atoms with Crippen molar-refractivity contribution in [2.45, 2.75) is 18.9 Å². The molecule has 0 N–H and O–H groups in total. The number of hydrogen-bond donors (Lipinski definition) is 0. The molecule has 0 bridgehead atoms. The van der Waals surface area contributed by atoms with Gasteiger partial charge in [-0.25, -0.2) is 4.79 Å². The summed E-state index contributed by atoms with van der Waals surface area (Å²) in [5.41, 5.74) is -1.33. The first-order valence-corrected chi connectivity index (χ1v) is 6.71. The zero-order chi connectivity index (χ0) is 16.3. The standard InChI is InChI=1S/C13H15N3O6/c1-14-6-4-10(5-7-14)22-13(17)11-3-2-9(15(18)19)8-12(11)16(20)21/h2-3,8,10H,4-7H2,1H3. The number of nitro benzene ring substituents is 2. The van der Waals surface area contributed by atoms with Crippen molar-refractivity contribution in [2.75, 3.05) is 20.1 Å². The smallest absolute Gasteiger partial charge is 0.345 e. The van der Waals surface area contributed by atoms with Gasteiger partial charge >= 0.3 is 5.97 Å². The van der Waals surface area contributed by atoms with Crippen LogP contribution in [0.1, 0.15) is 23.2 Å². The Hall–Kier alpha value is -2.55. The average Bonchev–Trinajstić information content (AvgIpc) is 2.48. The quantitative estimate of drug-likeness (QED) is 0.472. The van der Waals surface area contributed by atoms with Crippen molar-refractivity contribution >= 4 is 17.3 Å². The molecule has 0 saturated carbocycles. The molecule has 22 heavy (non-hydrogen) atoms. The predicted octanol–water partition coefficient (Wildman–Crippen LogP) is 1.75. The molecule has 0 amide bonds. The Bertz CT molecular complexity index is 610. The lowest BCUT2D eigenvalue weighted by molar-refractivity contribution is -0.394. The average molecular weight is 309 g/mol. The molecule has 1 aromatic carbocycles. The van der Waals surface area contributed by atoms with Gasteiger partial charge in [0.05, 0.1) is 15.9 Å². The molecule has 1 aliphatic heterocycles. The van der Waals surface area contributed by atoms with Crippen molar-refractivity contribution < 1.29 is 19.4 Å². The van der Waals surface area contributed by atoms with Crippen LogP contribution >= 0.6 is 0 Å². The summed E-state index contributed by atoms with van der Waals surface area (Å²) in [7, 11) is 1.96. The van der Waals surface area contributed by atoms with E-state index in [1.165, 1.54) is 0 Å². The number of carbonyl (C=O) groups is 1. The van der Waals surface area contributed by atoms with Crippen LogP contribution < -0.4 is 0 Å².